The van der Waals surface area contributed by atoms with Crippen LogP contribution in [0.3, 0.4) is 0 Å². The Balaban J connectivity index is 2.16. The third kappa shape index (κ3) is 2.40. The van der Waals surface area contributed by atoms with Gasteiger partial charge in [0.05, 0.1) is 0 Å². The molecular formula is C11H19BrN4. The molecular weight excluding hydrogens is 268 g/mol. The van der Waals surface area contributed by atoms with Gasteiger partial charge >= 0.3 is 0 Å². The summed E-state index contributed by atoms with van der Waals surface area (Å²) in [6.45, 7) is 2.26. The average molecular weight is 287 g/mol. The molecule has 0 aromatic carbocycles. The van der Waals surface area contributed by atoms with Gasteiger partial charge in [-0.15, -0.1) is 0 Å². The summed E-state index contributed by atoms with van der Waals surface area (Å²) in [5.41, 5.74) is 0. The first-order valence-electron chi connectivity index (χ1n) is 5.69. The first-order chi connectivity index (χ1) is 7.58. The van der Waals surface area contributed by atoms with Crippen LogP contribution in [-0.2, 0) is 7.05 Å². The average Bonchev–Trinajstić information content (AvgIpc) is 2.72. The van der Waals surface area contributed by atoms with E-state index in [1.54, 1.807) is 0 Å². The molecule has 4 nitrogen and oxygen atoms in total. The molecule has 1 saturated heterocycles. The molecule has 0 amide bonds. The van der Waals surface area contributed by atoms with Crippen LogP contribution < -0.4 is 4.90 Å². The van der Waals surface area contributed by atoms with Crippen LogP contribution in [0.25, 0.3) is 0 Å². The zero-order valence-electron chi connectivity index (χ0n) is 10.1. The lowest BCUT2D eigenvalue weighted by Crippen LogP contribution is -2.38. The number of likely N-dealkylation sites (N-methyl/N-ethyl adjacent to an activating group) is 1. The summed E-state index contributed by atoms with van der Waals surface area (Å²) in [6.07, 6.45) is 2.56. The Morgan fingerprint density at radius 3 is 2.88 bits per heavy atom. The summed E-state index contributed by atoms with van der Waals surface area (Å²) in [6, 6.07) is 2.73. The normalized spacial score (nSPS) is 21.1. The van der Waals surface area contributed by atoms with Crippen molar-refractivity contribution in [3.63, 3.8) is 0 Å². The molecule has 0 N–H and O–H groups in total. The van der Waals surface area contributed by atoms with E-state index < -0.39 is 0 Å². The minimum Gasteiger partial charge on any atom is -0.353 e. The van der Waals surface area contributed by atoms with Gasteiger partial charge in [-0.05, 0) is 42.9 Å². The van der Waals surface area contributed by atoms with E-state index in [0.29, 0.717) is 6.04 Å². The molecule has 5 heteroatoms. The predicted molar refractivity (Wildman–Crippen MR) is 69.8 cm³/mol. The number of halogens is 1. The Morgan fingerprint density at radius 2 is 2.31 bits per heavy atom. The number of hydrogen-bond donors (Lipinski definition) is 0. The SMILES string of the molecule is CN(C)C[C@H]1CCCN1c1cc(Br)nn1C. The first kappa shape index (κ1) is 11.9. The summed E-state index contributed by atoms with van der Waals surface area (Å²) < 4.78 is 2.87. The van der Waals surface area contributed by atoms with Crippen molar-refractivity contribution in [1.82, 2.24) is 14.7 Å². The fourth-order valence-electron chi connectivity index (χ4n) is 2.44. The number of nitrogens with zero attached hydrogens (tertiary/aromatic N) is 4. The second-order valence-corrected chi connectivity index (χ2v) is 5.51. The van der Waals surface area contributed by atoms with E-state index in [9.17, 15) is 0 Å². The molecule has 0 saturated carbocycles. The minimum absolute atomic E-state index is 0.622. The highest BCUT2D eigenvalue weighted by Gasteiger charge is 2.27. The maximum absolute atomic E-state index is 4.35. The van der Waals surface area contributed by atoms with Crippen LogP contribution in [0.1, 0.15) is 12.8 Å². The monoisotopic (exact) mass is 286 g/mol. The van der Waals surface area contributed by atoms with Gasteiger partial charge in [0.2, 0.25) is 0 Å². The Bertz CT molecular complexity index is 361. The van der Waals surface area contributed by atoms with Crippen LogP contribution in [0.2, 0.25) is 0 Å². The van der Waals surface area contributed by atoms with E-state index in [2.05, 4.69) is 51.0 Å². The molecule has 1 aliphatic heterocycles. The third-order valence-corrected chi connectivity index (χ3v) is 3.46. The second-order valence-electron chi connectivity index (χ2n) is 4.70. The van der Waals surface area contributed by atoms with Crippen molar-refractivity contribution in [3.05, 3.63) is 10.7 Å². The van der Waals surface area contributed by atoms with Crippen molar-refractivity contribution in [2.45, 2.75) is 18.9 Å². The van der Waals surface area contributed by atoms with Gasteiger partial charge < -0.3 is 9.80 Å². The van der Waals surface area contributed by atoms with Crippen LogP contribution in [0, 0.1) is 0 Å². The molecule has 1 aromatic rings. The summed E-state index contributed by atoms with van der Waals surface area (Å²) >= 11 is 3.43. The van der Waals surface area contributed by atoms with E-state index in [1.807, 2.05) is 11.7 Å². The maximum atomic E-state index is 4.35. The lowest BCUT2D eigenvalue weighted by Gasteiger charge is -2.28. The van der Waals surface area contributed by atoms with E-state index in [0.717, 1.165) is 17.7 Å². The van der Waals surface area contributed by atoms with Crippen LogP contribution in [0.5, 0.6) is 0 Å². The largest absolute Gasteiger partial charge is 0.353 e. The summed E-state index contributed by atoms with van der Waals surface area (Å²) in [4.78, 5) is 4.73. The molecule has 1 aromatic heterocycles. The molecule has 1 fully saturated rings. The highest BCUT2D eigenvalue weighted by molar-refractivity contribution is 9.10. The van der Waals surface area contributed by atoms with Gasteiger partial charge in [0.25, 0.3) is 0 Å². The van der Waals surface area contributed by atoms with Gasteiger partial charge in [-0.1, -0.05) is 0 Å². The van der Waals surface area contributed by atoms with Crippen molar-refractivity contribution in [1.29, 1.82) is 0 Å². The number of hydrogen-bond acceptors (Lipinski definition) is 3. The highest BCUT2D eigenvalue weighted by atomic mass is 79.9. The molecule has 1 aliphatic rings. The fourth-order valence-corrected chi connectivity index (χ4v) is 2.88. The smallest absolute Gasteiger partial charge is 0.130 e. The minimum atomic E-state index is 0.622. The van der Waals surface area contributed by atoms with E-state index >= 15 is 0 Å². The number of anilines is 1. The third-order valence-electron chi connectivity index (χ3n) is 3.07. The quantitative estimate of drug-likeness (QED) is 0.846. The molecule has 90 valence electrons. The van der Waals surface area contributed by atoms with E-state index in [1.165, 1.54) is 18.7 Å². The lowest BCUT2D eigenvalue weighted by molar-refractivity contribution is 0.370. The Morgan fingerprint density at radius 1 is 1.56 bits per heavy atom. The van der Waals surface area contributed by atoms with Gasteiger partial charge in [0.15, 0.2) is 0 Å². The second kappa shape index (κ2) is 4.75. The van der Waals surface area contributed by atoms with Crippen molar-refractivity contribution in [3.8, 4) is 0 Å². The van der Waals surface area contributed by atoms with E-state index in [4.69, 9.17) is 0 Å². The number of aryl methyl sites for hydroxylation is 1. The van der Waals surface area contributed by atoms with Crippen molar-refractivity contribution < 1.29 is 0 Å². The van der Waals surface area contributed by atoms with Crippen molar-refractivity contribution in [2.75, 3.05) is 32.1 Å². The predicted octanol–water partition coefficient (Wildman–Crippen LogP) is 1.71. The molecule has 0 unspecified atom stereocenters. The topological polar surface area (TPSA) is 24.3 Å². The molecule has 16 heavy (non-hydrogen) atoms. The van der Waals surface area contributed by atoms with Crippen LogP contribution in [0.15, 0.2) is 10.7 Å². The molecule has 0 bridgehead atoms. The van der Waals surface area contributed by atoms with Gasteiger partial charge in [-0.2, -0.15) is 5.10 Å². The van der Waals surface area contributed by atoms with E-state index in [-0.39, 0.29) is 0 Å². The Kier molecular flexibility index (Phi) is 3.54. The van der Waals surface area contributed by atoms with Crippen LogP contribution in [-0.4, -0.2) is 47.9 Å². The number of aromatic nitrogens is 2. The van der Waals surface area contributed by atoms with Crippen molar-refractivity contribution >= 4 is 21.7 Å². The van der Waals surface area contributed by atoms with Crippen LogP contribution >= 0.6 is 15.9 Å². The molecule has 0 radical (unpaired) electrons. The summed E-state index contributed by atoms with van der Waals surface area (Å²) in [5.74, 6) is 1.22. The van der Waals surface area contributed by atoms with Crippen molar-refractivity contribution in [2.24, 2.45) is 7.05 Å². The molecule has 2 heterocycles. The zero-order chi connectivity index (χ0) is 11.7. The first-order valence-corrected chi connectivity index (χ1v) is 6.48. The molecule has 2 rings (SSSR count). The highest BCUT2D eigenvalue weighted by Crippen LogP contribution is 2.27. The lowest BCUT2D eigenvalue weighted by atomic mass is 10.2. The fraction of sp³-hybridized carbons (Fsp3) is 0.727. The number of rotatable bonds is 3. The maximum Gasteiger partial charge on any atom is 0.130 e. The Hall–Kier alpha value is -0.550. The molecule has 0 spiro atoms. The van der Waals surface area contributed by atoms with Gasteiger partial charge in [0.1, 0.15) is 10.4 Å². The summed E-state index contributed by atoms with van der Waals surface area (Å²) in [5, 5.41) is 4.35. The standard InChI is InChI=1S/C11H19BrN4/c1-14(2)8-9-5-4-6-16(9)11-7-10(12)13-15(11)3/h7,9H,4-6,8H2,1-3H3/t9-/m1/s1. The summed E-state index contributed by atoms with van der Waals surface area (Å²) in [7, 11) is 6.27. The zero-order valence-corrected chi connectivity index (χ0v) is 11.7. The van der Waals surface area contributed by atoms with Gasteiger partial charge in [-0.3, -0.25) is 4.68 Å². The Labute approximate surface area is 105 Å². The van der Waals surface area contributed by atoms with Crippen LogP contribution in [0.4, 0.5) is 5.82 Å². The molecule has 0 aliphatic carbocycles. The van der Waals surface area contributed by atoms with Gasteiger partial charge in [-0.25, -0.2) is 0 Å². The van der Waals surface area contributed by atoms with Gasteiger partial charge in [0, 0.05) is 32.2 Å². The molecule has 1 atom stereocenters.